The lowest BCUT2D eigenvalue weighted by Crippen LogP contribution is -2.57. The van der Waals surface area contributed by atoms with Gasteiger partial charge in [-0.15, -0.1) is 0 Å². The minimum atomic E-state index is -1.01. The Bertz CT molecular complexity index is 796. The van der Waals surface area contributed by atoms with Crippen molar-refractivity contribution in [3.05, 3.63) is 70.8 Å². The molecule has 2 aliphatic rings. The van der Waals surface area contributed by atoms with Gasteiger partial charge < -0.3 is 0 Å². The molecule has 4 amide bonds. The number of hydrogen-bond donors (Lipinski definition) is 0. The fourth-order valence-electron chi connectivity index (χ4n) is 3.11. The molecule has 4 bridgehead atoms. The highest BCUT2D eigenvalue weighted by Gasteiger charge is 2.41. The van der Waals surface area contributed by atoms with Gasteiger partial charge >= 0.3 is 0 Å². The fourth-order valence-corrected chi connectivity index (χ4v) is 3.11. The third-order valence-electron chi connectivity index (χ3n) is 4.34. The molecule has 0 unspecified atom stereocenters. The zero-order valence-corrected chi connectivity index (χ0v) is 12.7. The van der Waals surface area contributed by atoms with Crippen molar-refractivity contribution in [3.8, 4) is 0 Å². The molecule has 6 nitrogen and oxygen atoms in total. The van der Waals surface area contributed by atoms with Gasteiger partial charge in [0.25, 0.3) is 23.6 Å². The Hall–Kier alpha value is -3.28. The minimum Gasteiger partial charge on any atom is -0.269 e. The third-order valence-corrected chi connectivity index (χ3v) is 4.34. The summed E-state index contributed by atoms with van der Waals surface area (Å²) in [5.41, 5.74) is 1.42. The first-order valence-electron chi connectivity index (χ1n) is 7.45. The summed E-state index contributed by atoms with van der Waals surface area (Å²) in [4.78, 5) is 52.2. The highest BCUT2D eigenvalue weighted by molar-refractivity contribution is 6.17. The number of nitrogens with zero attached hydrogens (tertiary/aromatic N) is 2. The van der Waals surface area contributed by atoms with Gasteiger partial charge in [-0.2, -0.15) is 0 Å². The van der Waals surface area contributed by atoms with E-state index in [4.69, 9.17) is 0 Å². The fraction of sp³-hybridized carbons (Fsp3) is 0.111. The van der Waals surface area contributed by atoms with Gasteiger partial charge in [-0.05, 0) is 43.3 Å². The Morgan fingerprint density at radius 2 is 0.917 bits per heavy atom. The lowest BCUT2D eigenvalue weighted by atomic mass is 10.0. The molecular weight excluding hydrogens is 308 g/mol. The molecule has 0 fully saturated rings. The molecule has 0 atom stereocenters. The van der Waals surface area contributed by atoms with Gasteiger partial charge in [-0.25, -0.2) is 0 Å². The predicted octanol–water partition coefficient (Wildman–Crippen LogP) is 1.92. The number of imide groups is 2. The van der Waals surface area contributed by atoms with Crippen molar-refractivity contribution in [2.24, 2.45) is 0 Å². The lowest BCUT2D eigenvalue weighted by Gasteiger charge is -2.38. The zero-order valence-electron chi connectivity index (χ0n) is 12.7. The first kappa shape index (κ1) is 14.3. The Morgan fingerprint density at radius 1 is 0.625 bits per heavy atom. The second-order valence-electron chi connectivity index (χ2n) is 5.75. The Kier molecular flexibility index (Phi) is 2.90. The predicted molar refractivity (Wildman–Crippen MR) is 83.3 cm³/mol. The van der Waals surface area contributed by atoms with Crippen LogP contribution < -0.4 is 0 Å². The molecule has 2 heterocycles. The number of amides is 4. The van der Waals surface area contributed by atoms with Crippen LogP contribution in [0.25, 0.3) is 0 Å². The second kappa shape index (κ2) is 4.86. The topological polar surface area (TPSA) is 74.8 Å². The summed E-state index contributed by atoms with van der Waals surface area (Å²) in [6.07, 6.45) is -1.01. The van der Waals surface area contributed by atoms with E-state index in [0.717, 1.165) is 9.80 Å². The Labute approximate surface area is 137 Å². The molecule has 2 aromatic rings. The molecular formula is C18H12N2O4. The van der Waals surface area contributed by atoms with Gasteiger partial charge in [-0.1, -0.05) is 12.1 Å². The van der Waals surface area contributed by atoms with E-state index in [-0.39, 0.29) is 0 Å². The molecule has 0 aliphatic carbocycles. The summed E-state index contributed by atoms with van der Waals surface area (Å²) in [5.74, 6) is -2.07. The van der Waals surface area contributed by atoms with Crippen LogP contribution in [-0.4, -0.2) is 39.6 Å². The zero-order chi connectivity index (χ0) is 17.0. The Balaban J connectivity index is 1.75. The SMILES string of the molecule is CC(N1C(=O)c2cccc(c2)C1=O)N1C(=O)c2cccc(c2)C1=O. The summed E-state index contributed by atoms with van der Waals surface area (Å²) >= 11 is 0. The first-order valence-corrected chi connectivity index (χ1v) is 7.45. The van der Waals surface area contributed by atoms with Crippen molar-refractivity contribution in [3.63, 3.8) is 0 Å². The van der Waals surface area contributed by atoms with Gasteiger partial charge in [0.15, 0.2) is 0 Å². The number of benzene rings is 2. The van der Waals surface area contributed by atoms with Gasteiger partial charge in [0.2, 0.25) is 0 Å². The number of hydrogen-bond acceptors (Lipinski definition) is 4. The minimum absolute atomic E-state index is 0.356. The van der Waals surface area contributed by atoms with Gasteiger partial charge in [-0.3, -0.25) is 29.0 Å². The van der Waals surface area contributed by atoms with Crippen molar-refractivity contribution in [2.75, 3.05) is 0 Å². The molecule has 4 rings (SSSR count). The van der Waals surface area contributed by atoms with E-state index in [2.05, 4.69) is 0 Å². The largest absolute Gasteiger partial charge is 0.269 e. The quantitative estimate of drug-likeness (QED) is 0.792. The molecule has 0 spiro atoms. The number of carbonyl (C=O) groups is 4. The second-order valence-corrected chi connectivity index (χ2v) is 5.75. The van der Waals surface area contributed by atoms with Crippen molar-refractivity contribution in [1.82, 2.24) is 9.80 Å². The first-order chi connectivity index (χ1) is 11.5. The molecule has 2 aromatic carbocycles. The third kappa shape index (κ3) is 1.83. The molecule has 6 heteroatoms. The molecule has 2 aliphatic heterocycles. The maximum Gasteiger partial charge on any atom is 0.262 e. The summed E-state index contributed by atoms with van der Waals surface area (Å²) in [5, 5.41) is 0. The van der Waals surface area contributed by atoms with Crippen LogP contribution in [0.15, 0.2) is 48.5 Å². The van der Waals surface area contributed by atoms with Crippen molar-refractivity contribution in [2.45, 2.75) is 13.1 Å². The molecule has 0 N–H and O–H groups in total. The average Bonchev–Trinajstić information content (AvgIpc) is 2.60. The van der Waals surface area contributed by atoms with E-state index in [1.165, 1.54) is 19.1 Å². The van der Waals surface area contributed by atoms with Gasteiger partial charge in [0, 0.05) is 22.3 Å². The molecule has 118 valence electrons. The molecule has 0 radical (unpaired) electrons. The van der Waals surface area contributed by atoms with Crippen LogP contribution in [0.5, 0.6) is 0 Å². The molecule has 0 aromatic heterocycles. The van der Waals surface area contributed by atoms with Crippen LogP contribution in [-0.2, 0) is 0 Å². The summed E-state index contributed by atoms with van der Waals surface area (Å²) in [6, 6.07) is 12.7. The van der Waals surface area contributed by atoms with Crippen molar-refractivity contribution < 1.29 is 19.2 Å². The maximum absolute atomic E-state index is 12.6. The highest BCUT2D eigenvalue weighted by atomic mass is 16.2. The standard InChI is InChI=1S/C18H12N2O4/c1-10(19-15(21)11-4-2-5-12(8-11)16(19)22)20-17(23)13-6-3-7-14(9-13)18(20)24/h2-10H,1H3. The van der Waals surface area contributed by atoms with Gasteiger partial charge in [0.05, 0.1) is 0 Å². The van der Waals surface area contributed by atoms with E-state index < -0.39 is 29.8 Å². The van der Waals surface area contributed by atoms with E-state index in [1.54, 1.807) is 36.4 Å². The van der Waals surface area contributed by atoms with E-state index in [0.29, 0.717) is 22.3 Å². The average molecular weight is 320 g/mol. The van der Waals surface area contributed by atoms with E-state index in [9.17, 15) is 19.2 Å². The summed E-state index contributed by atoms with van der Waals surface area (Å²) in [6.45, 7) is 1.50. The van der Waals surface area contributed by atoms with Crippen molar-refractivity contribution >= 4 is 23.6 Å². The molecule has 0 saturated heterocycles. The number of rotatable bonds is 2. The van der Waals surface area contributed by atoms with Gasteiger partial charge in [0.1, 0.15) is 6.17 Å². The molecule has 24 heavy (non-hydrogen) atoms. The summed E-state index contributed by atoms with van der Waals surface area (Å²) in [7, 11) is 0. The van der Waals surface area contributed by atoms with Crippen LogP contribution >= 0.6 is 0 Å². The van der Waals surface area contributed by atoms with Crippen LogP contribution in [0.1, 0.15) is 48.4 Å². The lowest BCUT2D eigenvalue weighted by molar-refractivity contribution is 0.0263. The Morgan fingerprint density at radius 3 is 1.21 bits per heavy atom. The van der Waals surface area contributed by atoms with E-state index in [1.807, 2.05) is 0 Å². The summed E-state index contributed by atoms with van der Waals surface area (Å²) < 4.78 is 0. The normalized spacial score (nSPS) is 16.2. The van der Waals surface area contributed by atoms with Crippen LogP contribution in [0.4, 0.5) is 0 Å². The highest BCUT2D eigenvalue weighted by Crippen LogP contribution is 2.26. The number of fused-ring (bicyclic) bond motifs is 4. The van der Waals surface area contributed by atoms with Crippen LogP contribution in [0.2, 0.25) is 0 Å². The molecule has 0 saturated carbocycles. The van der Waals surface area contributed by atoms with Crippen LogP contribution in [0.3, 0.4) is 0 Å². The monoisotopic (exact) mass is 320 g/mol. The number of carbonyl (C=O) groups excluding carboxylic acids is 4. The van der Waals surface area contributed by atoms with E-state index >= 15 is 0 Å². The van der Waals surface area contributed by atoms with Crippen molar-refractivity contribution in [1.29, 1.82) is 0 Å². The van der Waals surface area contributed by atoms with Crippen LogP contribution in [0, 0.1) is 0 Å². The maximum atomic E-state index is 12.6. The smallest absolute Gasteiger partial charge is 0.262 e.